The molecule has 1 aliphatic carbocycles. The van der Waals surface area contributed by atoms with Crippen LogP contribution in [0.2, 0.25) is 0 Å². The molecule has 0 unspecified atom stereocenters. The molecule has 4 rings (SSSR count). The minimum Gasteiger partial charge on any atom is -0.338 e. The fourth-order valence-electron chi connectivity index (χ4n) is 3.77. The standard InChI is InChI=1S/C21H23F3N4O4S/c22-21(23,24)17-12-18(16-6-7-16)25-28(20(17)30)13-19(29)26-8-10-27(11-9-26)33(31,32)14-15-4-2-1-3-5-15/h1-5,12,16H,6-11,13-14H2. The van der Waals surface area contributed by atoms with Crippen LogP contribution in [0.25, 0.3) is 0 Å². The van der Waals surface area contributed by atoms with E-state index in [1.54, 1.807) is 30.3 Å². The second kappa shape index (κ2) is 8.90. The average molecular weight is 485 g/mol. The topological polar surface area (TPSA) is 92.6 Å². The first-order chi connectivity index (χ1) is 15.5. The molecule has 2 aromatic rings. The number of benzene rings is 1. The van der Waals surface area contributed by atoms with Crippen LogP contribution in [0.3, 0.4) is 0 Å². The number of hydrogen-bond acceptors (Lipinski definition) is 5. The number of sulfonamides is 1. The van der Waals surface area contributed by atoms with Crippen molar-refractivity contribution in [3.05, 3.63) is 63.6 Å². The summed E-state index contributed by atoms with van der Waals surface area (Å²) in [6.45, 7) is -0.330. The molecule has 33 heavy (non-hydrogen) atoms. The van der Waals surface area contributed by atoms with Gasteiger partial charge in [0.05, 0.1) is 11.4 Å². The van der Waals surface area contributed by atoms with E-state index in [1.165, 1.54) is 9.21 Å². The molecule has 0 spiro atoms. The number of aromatic nitrogens is 2. The second-order valence-corrected chi connectivity index (χ2v) is 10.2. The third-order valence-corrected chi connectivity index (χ3v) is 7.61. The molecule has 2 aliphatic rings. The Kier molecular flexibility index (Phi) is 6.32. The summed E-state index contributed by atoms with van der Waals surface area (Å²) in [6, 6.07) is 9.50. The van der Waals surface area contributed by atoms with Gasteiger partial charge in [0.1, 0.15) is 12.1 Å². The Labute approximate surface area is 188 Å². The van der Waals surface area contributed by atoms with Crippen molar-refractivity contribution in [1.82, 2.24) is 19.0 Å². The first-order valence-corrected chi connectivity index (χ1v) is 12.1. The molecular weight excluding hydrogens is 461 g/mol. The number of halogens is 3. The van der Waals surface area contributed by atoms with Crippen molar-refractivity contribution in [2.24, 2.45) is 0 Å². The third kappa shape index (κ3) is 5.44. The second-order valence-electron chi connectivity index (χ2n) is 8.24. The number of rotatable bonds is 6. The normalized spacial score (nSPS) is 17.8. The highest BCUT2D eigenvalue weighted by molar-refractivity contribution is 7.88. The fourth-order valence-corrected chi connectivity index (χ4v) is 5.29. The summed E-state index contributed by atoms with van der Waals surface area (Å²) >= 11 is 0. The van der Waals surface area contributed by atoms with Crippen molar-refractivity contribution in [2.45, 2.75) is 37.2 Å². The monoisotopic (exact) mass is 484 g/mol. The summed E-state index contributed by atoms with van der Waals surface area (Å²) < 4.78 is 67.1. The van der Waals surface area contributed by atoms with E-state index in [0.29, 0.717) is 23.1 Å². The molecule has 1 amide bonds. The lowest BCUT2D eigenvalue weighted by Gasteiger charge is -2.34. The summed E-state index contributed by atoms with van der Waals surface area (Å²) in [5.74, 6) is -0.868. The van der Waals surface area contributed by atoms with E-state index < -0.39 is 39.8 Å². The van der Waals surface area contributed by atoms with Crippen LogP contribution in [0.5, 0.6) is 0 Å². The Morgan fingerprint density at radius 3 is 2.27 bits per heavy atom. The van der Waals surface area contributed by atoms with E-state index in [0.717, 1.165) is 6.07 Å². The summed E-state index contributed by atoms with van der Waals surface area (Å²) in [6.07, 6.45) is -3.46. The van der Waals surface area contributed by atoms with Gasteiger partial charge in [-0.3, -0.25) is 9.59 Å². The highest BCUT2D eigenvalue weighted by Crippen LogP contribution is 2.40. The average Bonchev–Trinajstić information content (AvgIpc) is 3.60. The molecular formula is C21H23F3N4O4S. The highest BCUT2D eigenvalue weighted by atomic mass is 32.2. The number of hydrogen-bond donors (Lipinski definition) is 0. The van der Waals surface area contributed by atoms with Crippen molar-refractivity contribution in [3.63, 3.8) is 0 Å². The molecule has 178 valence electrons. The quantitative estimate of drug-likeness (QED) is 0.624. The maximum absolute atomic E-state index is 13.3. The van der Waals surface area contributed by atoms with E-state index in [2.05, 4.69) is 5.10 Å². The van der Waals surface area contributed by atoms with Crippen LogP contribution in [0.15, 0.2) is 41.2 Å². The van der Waals surface area contributed by atoms with Gasteiger partial charge >= 0.3 is 6.18 Å². The smallest absolute Gasteiger partial charge is 0.338 e. The van der Waals surface area contributed by atoms with Gasteiger partial charge in [0.15, 0.2) is 0 Å². The van der Waals surface area contributed by atoms with E-state index in [9.17, 15) is 31.2 Å². The maximum atomic E-state index is 13.3. The number of piperazine rings is 1. The van der Waals surface area contributed by atoms with Crippen LogP contribution < -0.4 is 5.56 Å². The Morgan fingerprint density at radius 1 is 1.06 bits per heavy atom. The van der Waals surface area contributed by atoms with Crippen LogP contribution in [0.4, 0.5) is 13.2 Å². The number of amides is 1. The van der Waals surface area contributed by atoms with Gasteiger partial charge in [-0.05, 0) is 24.5 Å². The molecule has 1 aliphatic heterocycles. The van der Waals surface area contributed by atoms with Gasteiger partial charge in [-0.25, -0.2) is 13.1 Å². The predicted octanol–water partition coefficient (Wildman–Crippen LogP) is 1.81. The Bertz CT molecular complexity index is 1190. The minimum absolute atomic E-state index is 0.0686. The molecule has 1 aromatic carbocycles. The van der Waals surface area contributed by atoms with E-state index >= 15 is 0 Å². The van der Waals surface area contributed by atoms with Gasteiger partial charge in [0, 0.05) is 32.1 Å². The van der Waals surface area contributed by atoms with Gasteiger partial charge in [-0.2, -0.15) is 22.6 Å². The SMILES string of the molecule is O=C(Cn1nc(C2CC2)cc(C(F)(F)F)c1=O)N1CCN(S(=O)(=O)Cc2ccccc2)CC1. The lowest BCUT2D eigenvalue weighted by atomic mass is 10.2. The molecule has 12 heteroatoms. The molecule has 8 nitrogen and oxygen atoms in total. The predicted molar refractivity (Wildman–Crippen MR) is 113 cm³/mol. The van der Waals surface area contributed by atoms with E-state index in [1.807, 2.05) is 0 Å². The molecule has 0 N–H and O–H groups in total. The molecule has 0 bridgehead atoms. The van der Waals surface area contributed by atoms with Gasteiger partial charge in [-0.15, -0.1) is 0 Å². The first-order valence-electron chi connectivity index (χ1n) is 10.5. The van der Waals surface area contributed by atoms with Crippen LogP contribution in [0, 0.1) is 0 Å². The van der Waals surface area contributed by atoms with Crippen molar-refractivity contribution < 1.29 is 26.4 Å². The van der Waals surface area contributed by atoms with Crippen LogP contribution >= 0.6 is 0 Å². The lowest BCUT2D eigenvalue weighted by Crippen LogP contribution is -2.52. The molecule has 0 radical (unpaired) electrons. The summed E-state index contributed by atoms with van der Waals surface area (Å²) in [5.41, 5.74) is -1.88. The zero-order valence-electron chi connectivity index (χ0n) is 17.7. The Hall–Kier alpha value is -2.73. The van der Waals surface area contributed by atoms with E-state index in [-0.39, 0.29) is 43.5 Å². The zero-order chi connectivity index (χ0) is 23.8. The minimum atomic E-state index is -4.84. The number of carbonyl (C=O) groups is 1. The third-order valence-electron chi connectivity index (χ3n) is 5.76. The van der Waals surface area contributed by atoms with Gasteiger partial charge < -0.3 is 4.90 Å². The first kappa shape index (κ1) is 23.4. The highest BCUT2D eigenvalue weighted by Gasteiger charge is 2.38. The van der Waals surface area contributed by atoms with Gasteiger partial charge in [0.25, 0.3) is 5.56 Å². The van der Waals surface area contributed by atoms with Gasteiger partial charge in [-0.1, -0.05) is 30.3 Å². The largest absolute Gasteiger partial charge is 0.421 e. The summed E-state index contributed by atoms with van der Waals surface area (Å²) in [4.78, 5) is 26.4. The summed E-state index contributed by atoms with van der Waals surface area (Å²) in [7, 11) is -3.58. The lowest BCUT2D eigenvalue weighted by molar-refractivity contribution is -0.140. The zero-order valence-corrected chi connectivity index (χ0v) is 18.5. The van der Waals surface area contributed by atoms with Crippen molar-refractivity contribution >= 4 is 15.9 Å². The number of carbonyl (C=O) groups excluding carboxylic acids is 1. The Balaban J connectivity index is 1.43. The van der Waals surface area contributed by atoms with Crippen molar-refractivity contribution in [2.75, 3.05) is 26.2 Å². The molecule has 0 atom stereocenters. The van der Waals surface area contributed by atoms with Crippen molar-refractivity contribution in [1.29, 1.82) is 0 Å². The summed E-state index contributed by atoms with van der Waals surface area (Å²) in [5, 5.41) is 3.99. The van der Waals surface area contributed by atoms with E-state index in [4.69, 9.17) is 0 Å². The fraction of sp³-hybridized carbons (Fsp3) is 0.476. The van der Waals surface area contributed by atoms with Crippen LogP contribution in [-0.4, -0.2) is 59.5 Å². The van der Waals surface area contributed by atoms with Crippen LogP contribution in [-0.2, 0) is 33.3 Å². The molecule has 1 aromatic heterocycles. The van der Waals surface area contributed by atoms with Crippen LogP contribution in [0.1, 0.15) is 35.6 Å². The number of nitrogens with zero attached hydrogens (tertiary/aromatic N) is 4. The molecule has 1 saturated carbocycles. The Morgan fingerprint density at radius 2 is 1.70 bits per heavy atom. The number of alkyl halides is 3. The van der Waals surface area contributed by atoms with Crippen molar-refractivity contribution in [3.8, 4) is 0 Å². The maximum Gasteiger partial charge on any atom is 0.421 e. The molecule has 2 fully saturated rings. The molecule has 1 saturated heterocycles. The molecule has 2 heterocycles. The van der Waals surface area contributed by atoms with Gasteiger partial charge in [0.2, 0.25) is 15.9 Å².